The minimum atomic E-state index is -0.390. The summed E-state index contributed by atoms with van der Waals surface area (Å²) >= 11 is 5.92. The second-order valence-electron chi connectivity index (χ2n) is 4.12. The largest absolute Gasteiger partial charge is 0.491 e. The Hall–Kier alpha value is -2.05. The summed E-state index contributed by atoms with van der Waals surface area (Å²) in [4.78, 5) is 11.6. The van der Waals surface area contributed by atoms with Gasteiger partial charge in [-0.05, 0) is 19.1 Å². The standard InChI is InChI=1S/C13H15ClN4O2/c1-9-11(14)8-16-18(9)6-7-20-12-5-3-2-4-10(12)13(19)17-15/h2-5,8H,6-7,15H2,1H3,(H,17,19). The number of benzene rings is 1. The van der Waals surface area contributed by atoms with Crippen molar-refractivity contribution >= 4 is 17.5 Å². The first-order valence-electron chi connectivity index (χ1n) is 6.04. The number of para-hydroxylation sites is 1. The van der Waals surface area contributed by atoms with Crippen molar-refractivity contribution in [3.8, 4) is 5.75 Å². The van der Waals surface area contributed by atoms with Gasteiger partial charge in [0.2, 0.25) is 0 Å². The van der Waals surface area contributed by atoms with E-state index in [2.05, 4.69) is 10.5 Å². The number of nitrogens with zero attached hydrogens (tertiary/aromatic N) is 2. The number of hydrogen-bond donors (Lipinski definition) is 2. The number of rotatable bonds is 5. The zero-order chi connectivity index (χ0) is 14.5. The van der Waals surface area contributed by atoms with Crippen molar-refractivity contribution in [3.63, 3.8) is 0 Å². The molecule has 6 nitrogen and oxygen atoms in total. The van der Waals surface area contributed by atoms with E-state index in [9.17, 15) is 4.79 Å². The Morgan fingerprint density at radius 1 is 1.50 bits per heavy atom. The third-order valence-corrected chi connectivity index (χ3v) is 3.24. The van der Waals surface area contributed by atoms with Gasteiger partial charge in [-0.2, -0.15) is 5.10 Å². The van der Waals surface area contributed by atoms with Crippen LogP contribution in [-0.4, -0.2) is 22.3 Å². The summed E-state index contributed by atoms with van der Waals surface area (Å²) in [6, 6.07) is 6.90. The molecule has 1 heterocycles. The maximum Gasteiger partial charge on any atom is 0.268 e. The van der Waals surface area contributed by atoms with Crippen LogP contribution in [0.15, 0.2) is 30.5 Å². The molecule has 0 spiro atoms. The zero-order valence-corrected chi connectivity index (χ0v) is 11.7. The highest BCUT2D eigenvalue weighted by atomic mass is 35.5. The fraction of sp³-hybridized carbons (Fsp3) is 0.231. The van der Waals surface area contributed by atoms with Crippen molar-refractivity contribution in [2.45, 2.75) is 13.5 Å². The third-order valence-electron chi connectivity index (χ3n) is 2.87. The molecule has 2 rings (SSSR count). The lowest BCUT2D eigenvalue weighted by Crippen LogP contribution is -2.30. The number of amides is 1. The summed E-state index contributed by atoms with van der Waals surface area (Å²) in [7, 11) is 0. The van der Waals surface area contributed by atoms with E-state index in [1.807, 2.05) is 6.92 Å². The first-order chi connectivity index (χ1) is 9.63. The number of hydrogen-bond acceptors (Lipinski definition) is 4. The Morgan fingerprint density at radius 2 is 2.25 bits per heavy atom. The molecule has 1 aromatic carbocycles. The molecule has 0 aliphatic heterocycles. The van der Waals surface area contributed by atoms with Gasteiger partial charge in [-0.15, -0.1) is 0 Å². The first-order valence-corrected chi connectivity index (χ1v) is 6.42. The summed E-state index contributed by atoms with van der Waals surface area (Å²) < 4.78 is 7.35. The van der Waals surface area contributed by atoms with Gasteiger partial charge < -0.3 is 4.74 Å². The number of aromatic nitrogens is 2. The molecule has 0 fully saturated rings. The summed E-state index contributed by atoms with van der Waals surface area (Å²) in [6.45, 7) is 2.79. The van der Waals surface area contributed by atoms with Gasteiger partial charge in [0.15, 0.2) is 0 Å². The van der Waals surface area contributed by atoms with Gasteiger partial charge in [0.05, 0.1) is 29.0 Å². The van der Waals surface area contributed by atoms with E-state index >= 15 is 0 Å². The molecule has 0 aliphatic rings. The maximum atomic E-state index is 11.6. The molecule has 0 unspecified atom stereocenters. The van der Waals surface area contributed by atoms with Crippen LogP contribution in [0.1, 0.15) is 16.1 Å². The van der Waals surface area contributed by atoms with Gasteiger partial charge in [0.1, 0.15) is 12.4 Å². The highest BCUT2D eigenvalue weighted by Gasteiger charge is 2.10. The van der Waals surface area contributed by atoms with Crippen LogP contribution in [0.5, 0.6) is 5.75 Å². The third kappa shape index (κ3) is 3.09. The van der Waals surface area contributed by atoms with Gasteiger partial charge in [-0.1, -0.05) is 23.7 Å². The van der Waals surface area contributed by atoms with Crippen molar-refractivity contribution in [1.82, 2.24) is 15.2 Å². The Balaban J connectivity index is 2.01. The summed E-state index contributed by atoms with van der Waals surface area (Å²) in [5.41, 5.74) is 3.36. The van der Waals surface area contributed by atoms with E-state index in [-0.39, 0.29) is 5.91 Å². The molecule has 0 saturated carbocycles. The number of hydrazine groups is 1. The minimum absolute atomic E-state index is 0.369. The average Bonchev–Trinajstić information content (AvgIpc) is 2.79. The van der Waals surface area contributed by atoms with Crippen LogP contribution < -0.4 is 16.0 Å². The van der Waals surface area contributed by atoms with Crippen LogP contribution in [0.25, 0.3) is 0 Å². The number of halogens is 1. The average molecular weight is 295 g/mol. The highest BCUT2D eigenvalue weighted by molar-refractivity contribution is 6.31. The number of carbonyl (C=O) groups excluding carboxylic acids is 1. The minimum Gasteiger partial charge on any atom is -0.491 e. The molecule has 7 heteroatoms. The van der Waals surface area contributed by atoms with Crippen molar-refractivity contribution in [3.05, 3.63) is 46.7 Å². The van der Waals surface area contributed by atoms with Gasteiger partial charge in [0.25, 0.3) is 5.91 Å². The Bertz CT molecular complexity index is 612. The van der Waals surface area contributed by atoms with Gasteiger partial charge in [-0.3, -0.25) is 14.9 Å². The van der Waals surface area contributed by atoms with Crippen LogP contribution in [0.3, 0.4) is 0 Å². The molecule has 1 amide bonds. The normalized spacial score (nSPS) is 10.3. The van der Waals surface area contributed by atoms with Gasteiger partial charge in [0, 0.05) is 0 Å². The van der Waals surface area contributed by atoms with Crippen LogP contribution in [-0.2, 0) is 6.54 Å². The molecule has 0 atom stereocenters. The quantitative estimate of drug-likeness (QED) is 0.498. The number of ether oxygens (including phenoxy) is 1. The van der Waals surface area contributed by atoms with Crippen LogP contribution in [0, 0.1) is 6.92 Å². The smallest absolute Gasteiger partial charge is 0.268 e. The number of nitrogens with two attached hydrogens (primary N) is 1. The SMILES string of the molecule is Cc1c(Cl)cnn1CCOc1ccccc1C(=O)NN. The molecule has 0 bridgehead atoms. The summed E-state index contributed by atoms with van der Waals surface area (Å²) in [6.07, 6.45) is 1.59. The van der Waals surface area contributed by atoms with E-state index in [0.29, 0.717) is 29.5 Å². The first kappa shape index (κ1) is 14.4. The van der Waals surface area contributed by atoms with Gasteiger partial charge >= 0.3 is 0 Å². The highest BCUT2D eigenvalue weighted by Crippen LogP contribution is 2.18. The topological polar surface area (TPSA) is 82.2 Å². The van der Waals surface area contributed by atoms with E-state index in [1.165, 1.54) is 0 Å². The molecule has 0 aliphatic carbocycles. The van der Waals surface area contributed by atoms with Crippen LogP contribution >= 0.6 is 11.6 Å². The van der Waals surface area contributed by atoms with Crippen molar-refractivity contribution in [1.29, 1.82) is 0 Å². The molecule has 1 aromatic heterocycles. The number of nitrogens with one attached hydrogen (secondary N) is 1. The predicted octanol–water partition coefficient (Wildman–Crippen LogP) is 1.53. The summed E-state index contributed by atoms with van der Waals surface area (Å²) in [5.74, 6) is 5.22. The second-order valence-corrected chi connectivity index (χ2v) is 4.53. The number of nitrogen functional groups attached to an aromatic ring is 1. The fourth-order valence-corrected chi connectivity index (χ4v) is 1.89. The molecule has 2 aromatic rings. The zero-order valence-electron chi connectivity index (χ0n) is 11.0. The Morgan fingerprint density at radius 3 is 2.90 bits per heavy atom. The summed E-state index contributed by atoms with van der Waals surface area (Å²) in [5, 5.41) is 4.74. The molecule has 0 radical (unpaired) electrons. The molecule has 20 heavy (non-hydrogen) atoms. The van der Waals surface area contributed by atoms with Crippen molar-refractivity contribution in [2.75, 3.05) is 6.61 Å². The lowest BCUT2D eigenvalue weighted by atomic mass is 10.2. The van der Waals surface area contributed by atoms with Crippen LogP contribution in [0.2, 0.25) is 5.02 Å². The molecular formula is C13H15ClN4O2. The van der Waals surface area contributed by atoms with E-state index < -0.39 is 0 Å². The Kier molecular flexibility index (Phi) is 4.60. The molecule has 106 valence electrons. The van der Waals surface area contributed by atoms with E-state index in [4.69, 9.17) is 22.2 Å². The molecule has 0 saturated heterocycles. The van der Waals surface area contributed by atoms with Crippen molar-refractivity contribution in [2.24, 2.45) is 5.84 Å². The van der Waals surface area contributed by atoms with Crippen molar-refractivity contribution < 1.29 is 9.53 Å². The predicted molar refractivity (Wildman–Crippen MR) is 75.6 cm³/mol. The lowest BCUT2D eigenvalue weighted by molar-refractivity contribution is 0.0949. The monoisotopic (exact) mass is 294 g/mol. The molecule has 3 N–H and O–H groups in total. The number of carbonyl (C=O) groups is 1. The Labute approximate surface area is 121 Å². The molecular weight excluding hydrogens is 280 g/mol. The van der Waals surface area contributed by atoms with Crippen LogP contribution in [0.4, 0.5) is 0 Å². The van der Waals surface area contributed by atoms with E-state index in [0.717, 1.165) is 5.69 Å². The second kappa shape index (κ2) is 6.40. The maximum absolute atomic E-state index is 11.6. The van der Waals surface area contributed by atoms with E-state index in [1.54, 1.807) is 35.1 Å². The fourth-order valence-electron chi connectivity index (χ4n) is 1.75. The lowest BCUT2D eigenvalue weighted by Gasteiger charge is -2.11. The van der Waals surface area contributed by atoms with Gasteiger partial charge in [-0.25, -0.2) is 5.84 Å².